The molecule has 0 amide bonds. The van der Waals surface area contributed by atoms with E-state index in [1.165, 1.54) is 11.3 Å². The Bertz CT molecular complexity index is 523. The van der Waals surface area contributed by atoms with Crippen LogP contribution in [0.1, 0.15) is 37.9 Å². The highest BCUT2D eigenvalue weighted by Gasteiger charge is 2.17. The van der Waals surface area contributed by atoms with Crippen molar-refractivity contribution in [2.24, 2.45) is 7.05 Å². The number of benzene rings is 1. The highest BCUT2D eigenvalue weighted by Crippen LogP contribution is 2.20. The molecule has 0 aliphatic rings. The van der Waals surface area contributed by atoms with Crippen molar-refractivity contribution in [3.8, 4) is 0 Å². The first-order chi connectivity index (χ1) is 9.46. The van der Waals surface area contributed by atoms with Crippen LogP contribution in [0.15, 0.2) is 42.6 Å². The molecule has 2 rings (SSSR count). The molecule has 0 fully saturated rings. The molecule has 1 aromatic heterocycles. The molecule has 0 bridgehead atoms. The van der Waals surface area contributed by atoms with Crippen molar-refractivity contribution < 1.29 is 0 Å². The summed E-state index contributed by atoms with van der Waals surface area (Å²) in [5.74, 6) is 0.464. The molecule has 0 spiro atoms. The van der Waals surface area contributed by atoms with Crippen LogP contribution >= 0.6 is 0 Å². The third-order valence-electron chi connectivity index (χ3n) is 3.53. The normalized spacial score (nSPS) is 13.4. The summed E-state index contributed by atoms with van der Waals surface area (Å²) in [5.41, 5.74) is 2.79. The van der Waals surface area contributed by atoms with E-state index in [-0.39, 0.29) is 5.54 Å². The molecule has 1 aromatic carbocycles. The van der Waals surface area contributed by atoms with Gasteiger partial charge in [-0.25, -0.2) is 0 Å². The largest absolute Gasteiger partial charge is 0.311 e. The maximum atomic E-state index is 4.27. The lowest BCUT2D eigenvalue weighted by atomic mass is 9.93. The number of hydrogen-bond donors (Lipinski definition) is 1. The molecule has 3 heteroatoms. The molecule has 108 valence electrons. The van der Waals surface area contributed by atoms with Gasteiger partial charge in [0.25, 0.3) is 0 Å². The Labute approximate surface area is 122 Å². The van der Waals surface area contributed by atoms with Gasteiger partial charge in [-0.1, -0.05) is 30.3 Å². The molecule has 0 saturated heterocycles. The van der Waals surface area contributed by atoms with Gasteiger partial charge in [-0.2, -0.15) is 5.10 Å². The summed E-state index contributed by atoms with van der Waals surface area (Å²) in [7, 11) is 2.01. The van der Waals surface area contributed by atoms with E-state index in [2.05, 4.69) is 67.6 Å². The molecule has 1 N–H and O–H groups in total. The van der Waals surface area contributed by atoms with Crippen molar-refractivity contribution in [3.05, 3.63) is 53.9 Å². The van der Waals surface area contributed by atoms with Crippen LogP contribution in [0.5, 0.6) is 0 Å². The Kier molecular flexibility index (Phi) is 4.61. The van der Waals surface area contributed by atoms with Crippen molar-refractivity contribution in [3.63, 3.8) is 0 Å². The van der Waals surface area contributed by atoms with Crippen LogP contribution in [-0.4, -0.2) is 21.9 Å². The minimum Gasteiger partial charge on any atom is -0.311 e. The fourth-order valence-electron chi connectivity index (χ4n) is 2.32. The molecule has 20 heavy (non-hydrogen) atoms. The van der Waals surface area contributed by atoms with E-state index in [1.807, 2.05) is 17.9 Å². The van der Waals surface area contributed by atoms with Gasteiger partial charge in [0, 0.05) is 36.9 Å². The molecule has 0 aliphatic carbocycles. The van der Waals surface area contributed by atoms with E-state index in [0.29, 0.717) is 5.92 Å². The first kappa shape index (κ1) is 14.8. The van der Waals surface area contributed by atoms with Gasteiger partial charge in [-0.05, 0) is 38.8 Å². The highest BCUT2D eigenvalue weighted by molar-refractivity contribution is 5.22. The lowest BCUT2D eigenvalue weighted by Gasteiger charge is -2.25. The van der Waals surface area contributed by atoms with E-state index in [4.69, 9.17) is 0 Å². The molecule has 3 nitrogen and oxygen atoms in total. The quantitative estimate of drug-likeness (QED) is 0.905. The summed E-state index contributed by atoms with van der Waals surface area (Å²) >= 11 is 0. The van der Waals surface area contributed by atoms with Gasteiger partial charge < -0.3 is 5.32 Å². The monoisotopic (exact) mass is 271 g/mol. The van der Waals surface area contributed by atoms with Crippen LogP contribution in [0, 0.1) is 0 Å². The molecule has 1 atom stereocenters. The van der Waals surface area contributed by atoms with Crippen LogP contribution in [0.4, 0.5) is 0 Å². The second kappa shape index (κ2) is 6.23. The van der Waals surface area contributed by atoms with Gasteiger partial charge in [-0.3, -0.25) is 4.68 Å². The Morgan fingerprint density at radius 1 is 1.15 bits per heavy atom. The summed E-state index contributed by atoms with van der Waals surface area (Å²) in [6, 6.07) is 12.8. The maximum Gasteiger partial charge on any atom is 0.0492 e. The average Bonchev–Trinajstić information content (AvgIpc) is 2.80. The van der Waals surface area contributed by atoms with Crippen LogP contribution in [0.25, 0.3) is 0 Å². The predicted molar refractivity (Wildman–Crippen MR) is 83.9 cm³/mol. The van der Waals surface area contributed by atoms with E-state index in [9.17, 15) is 0 Å². The van der Waals surface area contributed by atoms with Crippen molar-refractivity contribution in [2.75, 3.05) is 6.54 Å². The average molecular weight is 271 g/mol. The Balaban J connectivity index is 2.14. The summed E-state index contributed by atoms with van der Waals surface area (Å²) in [6.07, 6.45) is 2.87. The standard InChI is InChI=1S/C17H25N3/c1-17(2,3)18-13-15(14-8-6-5-7-9-14)12-16-10-11-19-20(16)4/h5-11,15,18H,12-13H2,1-4H3. The SMILES string of the molecule is Cn1nccc1CC(CNC(C)(C)C)c1ccccc1. The van der Waals surface area contributed by atoms with E-state index < -0.39 is 0 Å². The minimum absolute atomic E-state index is 0.138. The van der Waals surface area contributed by atoms with Crippen LogP contribution in [-0.2, 0) is 13.5 Å². The number of aromatic nitrogens is 2. The second-order valence-electron chi connectivity index (χ2n) is 6.39. The molecular weight excluding hydrogens is 246 g/mol. The van der Waals surface area contributed by atoms with Gasteiger partial charge in [0.1, 0.15) is 0 Å². The third-order valence-corrected chi connectivity index (χ3v) is 3.53. The Morgan fingerprint density at radius 3 is 2.40 bits per heavy atom. The van der Waals surface area contributed by atoms with E-state index in [0.717, 1.165) is 13.0 Å². The van der Waals surface area contributed by atoms with Gasteiger partial charge in [-0.15, -0.1) is 0 Å². The van der Waals surface area contributed by atoms with E-state index >= 15 is 0 Å². The number of hydrogen-bond acceptors (Lipinski definition) is 2. The fourth-order valence-corrected chi connectivity index (χ4v) is 2.32. The van der Waals surface area contributed by atoms with E-state index in [1.54, 1.807) is 0 Å². The van der Waals surface area contributed by atoms with Crippen molar-refractivity contribution in [1.29, 1.82) is 0 Å². The van der Waals surface area contributed by atoms with Crippen LogP contribution < -0.4 is 5.32 Å². The van der Waals surface area contributed by atoms with Gasteiger partial charge in [0.15, 0.2) is 0 Å². The van der Waals surface area contributed by atoms with Crippen molar-refractivity contribution in [2.45, 2.75) is 38.6 Å². The molecule has 1 heterocycles. The summed E-state index contributed by atoms with van der Waals surface area (Å²) in [4.78, 5) is 0. The van der Waals surface area contributed by atoms with Gasteiger partial charge in [0.05, 0.1) is 0 Å². The van der Waals surface area contributed by atoms with Gasteiger partial charge >= 0.3 is 0 Å². The topological polar surface area (TPSA) is 29.9 Å². The lowest BCUT2D eigenvalue weighted by Crippen LogP contribution is -2.39. The predicted octanol–water partition coefficient (Wildman–Crippen LogP) is 3.13. The number of aryl methyl sites for hydroxylation is 1. The molecular formula is C17H25N3. The smallest absolute Gasteiger partial charge is 0.0492 e. The molecule has 2 aromatic rings. The summed E-state index contributed by atoms with van der Waals surface area (Å²) in [6.45, 7) is 7.59. The number of nitrogens with zero attached hydrogens (tertiary/aromatic N) is 2. The summed E-state index contributed by atoms with van der Waals surface area (Å²) < 4.78 is 1.97. The minimum atomic E-state index is 0.138. The Morgan fingerprint density at radius 2 is 1.85 bits per heavy atom. The van der Waals surface area contributed by atoms with Crippen molar-refractivity contribution >= 4 is 0 Å². The zero-order chi connectivity index (χ0) is 14.6. The second-order valence-corrected chi connectivity index (χ2v) is 6.39. The number of rotatable bonds is 5. The molecule has 0 radical (unpaired) electrons. The third kappa shape index (κ3) is 4.20. The molecule has 0 saturated carbocycles. The summed E-state index contributed by atoms with van der Waals surface area (Å²) in [5, 5.41) is 7.89. The zero-order valence-electron chi connectivity index (χ0n) is 12.9. The highest BCUT2D eigenvalue weighted by atomic mass is 15.2. The van der Waals surface area contributed by atoms with Crippen LogP contribution in [0.3, 0.4) is 0 Å². The van der Waals surface area contributed by atoms with Crippen LogP contribution in [0.2, 0.25) is 0 Å². The first-order valence-electron chi connectivity index (χ1n) is 7.22. The maximum absolute atomic E-state index is 4.27. The fraction of sp³-hybridized carbons (Fsp3) is 0.471. The Hall–Kier alpha value is -1.61. The van der Waals surface area contributed by atoms with Gasteiger partial charge in [0.2, 0.25) is 0 Å². The molecule has 0 aliphatic heterocycles. The number of nitrogens with one attached hydrogen (secondary N) is 1. The lowest BCUT2D eigenvalue weighted by molar-refractivity contribution is 0.403. The molecule has 1 unspecified atom stereocenters. The van der Waals surface area contributed by atoms with Crippen molar-refractivity contribution in [1.82, 2.24) is 15.1 Å². The zero-order valence-corrected chi connectivity index (χ0v) is 12.9. The first-order valence-corrected chi connectivity index (χ1v) is 7.22.